The summed E-state index contributed by atoms with van der Waals surface area (Å²) in [6.07, 6.45) is 11.0. The van der Waals surface area contributed by atoms with Crippen molar-refractivity contribution < 1.29 is 121 Å². The molecule has 0 aliphatic heterocycles. The molecular formula is C84H78Cl10Fe2N8O14+2. The minimum Gasteiger partial charge on any atom is -0.541 e. The zero-order valence-corrected chi connectivity index (χ0v) is 73.2. The first-order valence-corrected chi connectivity index (χ1v) is 40.8. The molecule has 0 saturated carbocycles. The zero-order valence-electron chi connectivity index (χ0n) is 63.4. The van der Waals surface area contributed by atoms with E-state index in [2.05, 4.69) is 39.7 Å². The molecule has 0 aliphatic carbocycles. The summed E-state index contributed by atoms with van der Waals surface area (Å²) in [5.74, 6) is -5.42. The summed E-state index contributed by atoms with van der Waals surface area (Å²) < 4.78 is 67.9. The standard InChI is InChI=1S/2C22H18O3.2C18H18N4.4CH2Cl2.2ClHO4.2Fe/c2*1-14-6-10-16(11-7-14)18-4-3-5-19(20(18)21(23)22(24)25)17-12-8-15(2)9-13-17;2*1-4-10-19-16(7-1)13-22(14-17-8-2-5-11-20-17)15-18-9-3-6-12-21-18;4*2-1-3;2*2-1(3,4)5;;/h2*3-13H,1-2H3,(H,24,25);2*1-12H,13-15H2;4*1H2;2*(H,2,3,4,5);;/q;;;;;;;;;;2*+3/p-4. The number of aryl methyl sites for hydroxylation is 4. The summed E-state index contributed by atoms with van der Waals surface area (Å²) in [7, 11) is -9.89. The fraction of sp³-hybridized carbons (Fsp3) is 0.167. The molecule has 0 saturated heterocycles. The van der Waals surface area contributed by atoms with Crippen LogP contribution < -0.4 is 47.5 Å². The predicted octanol–water partition coefficient (Wildman–Crippen LogP) is 9.46. The number of carbonyl (C=O) groups is 4. The molecule has 6 aromatic heterocycles. The molecule has 622 valence electrons. The predicted molar refractivity (Wildman–Crippen MR) is 430 cm³/mol. The monoisotopic (exact) mass is 1880 g/mol. The van der Waals surface area contributed by atoms with E-state index < -0.39 is 44.0 Å². The number of hydrogen-bond acceptors (Lipinski definition) is 22. The van der Waals surface area contributed by atoms with Crippen molar-refractivity contribution in [3.05, 3.63) is 347 Å². The van der Waals surface area contributed by atoms with Crippen LogP contribution in [0.15, 0.2) is 280 Å². The molecule has 2 radical (unpaired) electrons. The average Bonchev–Trinajstić information content (AvgIpc) is 0.787. The van der Waals surface area contributed by atoms with E-state index in [1.54, 1.807) is 24.3 Å². The molecule has 0 spiro atoms. The van der Waals surface area contributed by atoms with Crippen LogP contribution in [0.4, 0.5) is 0 Å². The van der Waals surface area contributed by atoms with Crippen molar-refractivity contribution in [3.8, 4) is 44.5 Å². The van der Waals surface area contributed by atoms with Gasteiger partial charge in [-0.2, -0.15) is 0 Å². The Morgan fingerprint density at radius 3 is 0.551 bits per heavy atom. The number of carbonyl (C=O) groups excluding carboxylic acids is 4. The van der Waals surface area contributed by atoms with Gasteiger partial charge in [-0.05, 0) is 145 Å². The number of aliphatic carboxylic acids is 2. The van der Waals surface area contributed by atoms with E-state index in [0.29, 0.717) is 22.3 Å². The molecule has 0 aliphatic rings. The van der Waals surface area contributed by atoms with Crippen molar-refractivity contribution in [3.63, 3.8) is 0 Å². The number of halogens is 10. The number of rotatable bonds is 20. The molecule has 34 heteroatoms. The minimum atomic E-state index is -4.94. The number of alkyl halides is 8. The second kappa shape index (κ2) is 61.3. The average molecular weight is 1890 g/mol. The first-order chi connectivity index (χ1) is 55.4. The van der Waals surface area contributed by atoms with E-state index in [1.807, 2.05) is 283 Å². The van der Waals surface area contributed by atoms with Gasteiger partial charge >= 0.3 is 34.1 Å². The Morgan fingerprint density at radius 1 is 0.271 bits per heavy atom. The molecule has 0 atom stereocenters. The van der Waals surface area contributed by atoms with Crippen LogP contribution in [0.25, 0.3) is 44.5 Å². The summed E-state index contributed by atoms with van der Waals surface area (Å²) in [6, 6.07) is 77.2. The third-order valence-corrected chi connectivity index (χ3v) is 15.1. The molecule has 22 nitrogen and oxygen atoms in total. The second-order valence-corrected chi connectivity index (χ2v) is 28.3. The van der Waals surface area contributed by atoms with Gasteiger partial charge in [0.2, 0.25) is 11.6 Å². The number of Topliss-reactive ketones (excluding diaryl/α,β-unsaturated/α-hetero) is 2. The van der Waals surface area contributed by atoms with E-state index in [-0.39, 0.29) is 66.6 Å². The molecule has 6 heterocycles. The first-order valence-electron chi connectivity index (χ1n) is 34.0. The van der Waals surface area contributed by atoms with Crippen LogP contribution in [0.1, 0.15) is 77.1 Å². The zero-order chi connectivity index (χ0) is 85.9. The van der Waals surface area contributed by atoms with Crippen molar-refractivity contribution in [2.24, 2.45) is 0 Å². The Labute approximate surface area is 751 Å². The van der Waals surface area contributed by atoms with Crippen LogP contribution >= 0.6 is 92.8 Å². The second-order valence-electron chi connectivity index (χ2n) is 23.5. The topological polar surface area (TPSA) is 383 Å². The maximum atomic E-state index is 12.4. The SMILES string of the molecule is Cc1ccc(-c2cccc(-c3ccc(C)cc3)c2C(=O)C(=O)[O-])cc1.Cc1ccc(-c2cccc(-c3ccc(C)cc3)c2C(=O)C(=O)[O-])cc1.ClCCl.ClCCl.ClCCl.ClCCl.[Fe+3].[Fe+3].[O-][Cl+3]([O-])([O-])[O-].[O-][Cl+3]([O-])([O-])[O-].c1ccc(CN(Cc2ccccn2)Cc2ccccn2)nc1.c1ccc(CN(Cc2ccccn2)Cc2ccccn2)nc1. The Bertz CT molecular complexity index is 4100. The van der Waals surface area contributed by atoms with Crippen molar-refractivity contribution in [2.45, 2.75) is 67.0 Å². The fourth-order valence-electron chi connectivity index (χ4n) is 10.4. The van der Waals surface area contributed by atoms with Gasteiger partial charge < -0.3 is 19.8 Å². The molecule has 12 aromatic rings. The van der Waals surface area contributed by atoms with Crippen molar-refractivity contribution >= 4 is 116 Å². The van der Waals surface area contributed by atoms with E-state index in [1.165, 1.54) is 0 Å². The molecule has 12 rings (SSSR count). The van der Waals surface area contributed by atoms with Gasteiger partial charge in [-0.3, -0.25) is 49.3 Å². The smallest absolute Gasteiger partial charge is 0.541 e. The van der Waals surface area contributed by atoms with Gasteiger partial charge in [0, 0.05) is 87.6 Å². The summed E-state index contributed by atoms with van der Waals surface area (Å²) >= 11 is 38.1. The Hall–Kier alpha value is -7.96. The van der Waals surface area contributed by atoms with Crippen LogP contribution in [0.3, 0.4) is 0 Å². The van der Waals surface area contributed by atoms with Gasteiger partial charge in [-0.1, -0.05) is 192 Å². The van der Waals surface area contributed by atoms with Gasteiger partial charge in [0.05, 0.1) is 55.5 Å². The molecule has 0 unspecified atom stereocenters. The van der Waals surface area contributed by atoms with E-state index >= 15 is 0 Å². The van der Waals surface area contributed by atoms with Crippen molar-refractivity contribution in [1.82, 2.24) is 39.7 Å². The van der Waals surface area contributed by atoms with Crippen molar-refractivity contribution in [1.29, 1.82) is 0 Å². The molecule has 0 fully saturated rings. The van der Waals surface area contributed by atoms with Crippen LogP contribution in [-0.4, -0.2) is 84.6 Å². The summed E-state index contributed by atoms with van der Waals surface area (Å²) in [4.78, 5) is 78.6. The molecular weight excluding hydrogens is 1810 g/mol. The van der Waals surface area contributed by atoms with Crippen LogP contribution in [0.2, 0.25) is 0 Å². The summed E-state index contributed by atoms with van der Waals surface area (Å²) in [5, 5.41) is 23.4. The maximum absolute atomic E-state index is 12.4. The van der Waals surface area contributed by atoms with E-state index in [0.717, 1.165) is 118 Å². The molecule has 0 amide bonds. The first kappa shape index (κ1) is 108. The Balaban J connectivity index is 0.000000720. The number of carboxylic acids is 2. The fourth-order valence-corrected chi connectivity index (χ4v) is 10.4. The van der Waals surface area contributed by atoms with Gasteiger partial charge in [0.25, 0.3) is 0 Å². The van der Waals surface area contributed by atoms with Crippen LogP contribution in [0, 0.1) is 48.2 Å². The van der Waals surface area contributed by atoms with Gasteiger partial charge in [0.15, 0.2) is 0 Å². The van der Waals surface area contributed by atoms with Gasteiger partial charge in [-0.15, -0.1) is 113 Å². The number of aromatic nitrogens is 6. The number of nitrogens with zero attached hydrogens (tertiary/aromatic N) is 8. The van der Waals surface area contributed by atoms with Gasteiger partial charge in [-0.25, -0.2) is 37.3 Å². The third-order valence-electron chi connectivity index (χ3n) is 15.1. The number of pyridine rings is 6. The third kappa shape index (κ3) is 46.0. The molecule has 118 heavy (non-hydrogen) atoms. The molecule has 0 bridgehead atoms. The summed E-state index contributed by atoms with van der Waals surface area (Å²) in [5.41, 5.74) is 16.5. The van der Waals surface area contributed by atoms with E-state index in [9.17, 15) is 29.4 Å². The van der Waals surface area contributed by atoms with Crippen LogP contribution in [-0.2, 0) is 83.0 Å². The molecule has 0 N–H and O–H groups in total. The normalized spacial score (nSPS) is 10.1. The number of benzene rings is 6. The number of hydrogen-bond donors (Lipinski definition) is 0. The van der Waals surface area contributed by atoms with Gasteiger partial charge in [0.1, 0.15) is 11.9 Å². The van der Waals surface area contributed by atoms with E-state index in [4.69, 9.17) is 130 Å². The van der Waals surface area contributed by atoms with Crippen molar-refractivity contribution in [2.75, 3.05) is 21.4 Å². The Kier molecular flexibility index (Phi) is 56.2. The minimum absolute atomic E-state index is 0. The Morgan fingerprint density at radius 2 is 0.424 bits per heavy atom. The quantitative estimate of drug-likeness (QED) is 0.0296. The largest absolute Gasteiger partial charge is 3.00 e. The molecule has 6 aromatic carbocycles. The number of carboxylic acid groups (broad SMARTS) is 2. The summed E-state index contributed by atoms with van der Waals surface area (Å²) in [6.45, 7) is 12.5. The maximum Gasteiger partial charge on any atom is 3.00 e. The number of ketones is 2. The van der Waals surface area contributed by atoms with Crippen LogP contribution in [0.5, 0.6) is 0 Å².